The summed E-state index contributed by atoms with van der Waals surface area (Å²) in [6.07, 6.45) is 0. The average Bonchev–Trinajstić information content (AvgIpc) is 3.28. The van der Waals surface area contributed by atoms with Crippen molar-refractivity contribution >= 4 is 38.4 Å². The molecule has 0 unspecified atom stereocenters. The van der Waals surface area contributed by atoms with Crippen LogP contribution in [-0.2, 0) is 0 Å². The van der Waals surface area contributed by atoms with E-state index in [-0.39, 0.29) is 5.56 Å². The van der Waals surface area contributed by atoms with Crippen LogP contribution in [0.15, 0.2) is 114 Å². The van der Waals surface area contributed by atoms with E-state index < -0.39 is 0 Å². The van der Waals surface area contributed by atoms with Gasteiger partial charge in [-0.15, -0.1) is 0 Å². The maximum Gasteiger partial charge on any atom is 0.268 e. The first-order valence-corrected chi connectivity index (χ1v) is 11.2. The molecule has 7 aromatic rings. The fourth-order valence-electron chi connectivity index (χ4n) is 4.81. The average molecular weight is 438 g/mol. The van der Waals surface area contributed by atoms with Crippen molar-refractivity contribution in [3.63, 3.8) is 0 Å². The number of hydrogen-bond acceptors (Lipinski definition) is 3. The molecule has 160 valence electrons. The highest BCUT2D eigenvalue weighted by Crippen LogP contribution is 2.29. The van der Waals surface area contributed by atoms with Gasteiger partial charge < -0.3 is 0 Å². The Labute approximate surface area is 194 Å². The van der Waals surface area contributed by atoms with Gasteiger partial charge in [-0.1, -0.05) is 78.9 Å². The first kappa shape index (κ1) is 18.8. The minimum Gasteiger partial charge on any atom is -0.295 e. The van der Waals surface area contributed by atoms with Crippen LogP contribution < -0.4 is 5.56 Å². The third kappa shape index (κ3) is 2.64. The van der Waals surface area contributed by atoms with Crippen molar-refractivity contribution in [1.29, 1.82) is 0 Å². The lowest BCUT2D eigenvalue weighted by Gasteiger charge is -2.14. The molecule has 5 heteroatoms. The molecule has 0 aliphatic rings. The maximum atomic E-state index is 13.9. The van der Waals surface area contributed by atoms with Gasteiger partial charge in [0.2, 0.25) is 5.95 Å². The summed E-state index contributed by atoms with van der Waals surface area (Å²) >= 11 is 0. The number of fused-ring (bicyclic) bond motifs is 6. The van der Waals surface area contributed by atoms with Gasteiger partial charge in [0.15, 0.2) is 0 Å². The van der Waals surface area contributed by atoms with Crippen molar-refractivity contribution in [2.75, 3.05) is 0 Å². The molecule has 4 aromatic carbocycles. The lowest BCUT2D eigenvalue weighted by Crippen LogP contribution is -2.23. The smallest absolute Gasteiger partial charge is 0.268 e. The molecular weight excluding hydrogens is 420 g/mol. The van der Waals surface area contributed by atoms with Crippen LogP contribution >= 0.6 is 0 Å². The lowest BCUT2D eigenvalue weighted by molar-refractivity contribution is 0.919. The summed E-state index contributed by atoms with van der Waals surface area (Å²) in [5.41, 5.74) is 5.07. The van der Waals surface area contributed by atoms with E-state index in [9.17, 15) is 4.79 Å². The van der Waals surface area contributed by atoms with Crippen LogP contribution in [0.4, 0.5) is 0 Å². The zero-order valence-electron chi connectivity index (χ0n) is 18.1. The van der Waals surface area contributed by atoms with Gasteiger partial charge in [-0.05, 0) is 30.3 Å². The van der Waals surface area contributed by atoms with Crippen LogP contribution in [0.2, 0.25) is 0 Å². The van der Waals surface area contributed by atoms with E-state index in [1.807, 2.05) is 97.1 Å². The van der Waals surface area contributed by atoms with Gasteiger partial charge in [0.05, 0.1) is 27.6 Å². The first-order valence-electron chi connectivity index (χ1n) is 11.2. The number of hydrogen-bond donors (Lipinski definition) is 0. The molecule has 0 saturated heterocycles. The lowest BCUT2D eigenvalue weighted by atomic mass is 10.1. The second-order valence-electron chi connectivity index (χ2n) is 8.31. The fourth-order valence-corrected chi connectivity index (χ4v) is 4.81. The fraction of sp³-hybridized carbons (Fsp3) is 0. The standard InChI is InChI=1S/C29H18N4O/c34-28-22-14-6-9-17-25(22)32-24-16-8-4-12-20(24)18-26(32)33(28)29-30-23-15-7-5-13-21(23)27(31-29)19-10-2-1-3-11-19/h1-18H. The predicted octanol–water partition coefficient (Wildman–Crippen LogP) is 6.01. The van der Waals surface area contributed by atoms with E-state index in [1.165, 1.54) is 0 Å². The number of benzene rings is 4. The van der Waals surface area contributed by atoms with E-state index in [0.717, 1.165) is 44.2 Å². The molecule has 0 bridgehead atoms. The minimum atomic E-state index is -0.139. The molecule has 7 rings (SSSR count). The Balaban J connectivity index is 1.67. The van der Waals surface area contributed by atoms with Crippen LogP contribution in [0.25, 0.3) is 55.6 Å². The molecule has 5 nitrogen and oxygen atoms in total. The van der Waals surface area contributed by atoms with Gasteiger partial charge in [0, 0.05) is 16.3 Å². The summed E-state index contributed by atoms with van der Waals surface area (Å²) in [6, 6.07) is 35.8. The Bertz CT molecular complexity index is 1930. The summed E-state index contributed by atoms with van der Waals surface area (Å²) < 4.78 is 3.76. The molecular formula is C29H18N4O. The van der Waals surface area contributed by atoms with E-state index in [4.69, 9.17) is 9.97 Å². The van der Waals surface area contributed by atoms with Gasteiger partial charge >= 0.3 is 0 Å². The van der Waals surface area contributed by atoms with Crippen molar-refractivity contribution in [2.45, 2.75) is 0 Å². The number of nitrogens with zero attached hydrogens (tertiary/aromatic N) is 4. The molecule has 0 spiro atoms. The van der Waals surface area contributed by atoms with E-state index in [2.05, 4.69) is 16.5 Å². The van der Waals surface area contributed by atoms with Gasteiger partial charge in [-0.25, -0.2) is 14.5 Å². The Morgan fingerprint density at radius 3 is 2.15 bits per heavy atom. The Hall–Kier alpha value is -4.77. The number of aromatic nitrogens is 4. The second kappa shape index (κ2) is 7.12. The Morgan fingerprint density at radius 1 is 0.618 bits per heavy atom. The van der Waals surface area contributed by atoms with Crippen LogP contribution in [-0.4, -0.2) is 18.9 Å². The van der Waals surface area contributed by atoms with E-state index in [0.29, 0.717) is 11.3 Å². The molecule has 3 aromatic heterocycles. The molecule has 0 N–H and O–H groups in total. The zero-order chi connectivity index (χ0) is 22.6. The molecule has 0 amide bonds. The van der Waals surface area contributed by atoms with Crippen molar-refractivity contribution in [1.82, 2.24) is 18.9 Å². The normalized spacial score (nSPS) is 11.6. The number of para-hydroxylation sites is 3. The highest BCUT2D eigenvalue weighted by atomic mass is 16.1. The van der Waals surface area contributed by atoms with Gasteiger partial charge in [0.25, 0.3) is 5.56 Å². The maximum absolute atomic E-state index is 13.9. The van der Waals surface area contributed by atoms with E-state index >= 15 is 0 Å². The summed E-state index contributed by atoms with van der Waals surface area (Å²) in [5.74, 6) is 0.362. The monoisotopic (exact) mass is 438 g/mol. The third-order valence-electron chi connectivity index (χ3n) is 6.34. The summed E-state index contributed by atoms with van der Waals surface area (Å²) in [5, 5.41) is 2.62. The second-order valence-corrected chi connectivity index (χ2v) is 8.31. The van der Waals surface area contributed by atoms with Crippen molar-refractivity contribution < 1.29 is 0 Å². The molecule has 0 aliphatic carbocycles. The SMILES string of the molecule is O=c1c2ccccc2n2c3ccccc3cc2n1-c1nc(-c2ccccc2)c2ccccc2n1. The zero-order valence-corrected chi connectivity index (χ0v) is 18.1. The van der Waals surface area contributed by atoms with Crippen molar-refractivity contribution in [2.24, 2.45) is 0 Å². The van der Waals surface area contributed by atoms with E-state index in [1.54, 1.807) is 4.57 Å². The summed E-state index contributed by atoms with van der Waals surface area (Å²) in [6.45, 7) is 0. The molecule has 34 heavy (non-hydrogen) atoms. The van der Waals surface area contributed by atoms with Crippen LogP contribution in [0.1, 0.15) is 0 Å². The molecule has 0 aliphatic heterocycles. The topological polar surface area (TPSA) is 52.2 Å². The first-order chi connectivity index (χ1) is 16.8. The largest absolute Gasteiger partial charge is 0.295 e. The minimum absolute atomic E-state index is 0.139. The molecule has 0 radical (unpaired) electrons. The van der Waals surface area contributed by atoms with Gasteiger partial charge in [0.1, 0.15) is 5.65 Å². The molecule has 0 atom stereocenters. The number of rotatable bonds is 2. The van der Waals surface area contributed by atoms with Crippen molar-refractivity contribution in [3.05, 3.63) is 120 Å². The molecule has 0 saturated carbocycles. The summed E-state index contributed by atoms with van der Waals surface area (Å²) in [4.78, 5) is 23.7. The quantitative estimate of drug-likeness (QED) is 0.332. The van der Waals surface area contributed by atoms with Crippen LogP contribution in [0.3, 0.4) is 0 Å². The molecule has 0 fully saturated rings. The molecule has 3 heterocycles. The Kier molecular flexibility index (Phi) is 3.93. The Morgan fingerprint density at radius 2 is 1.29 bits per heavy atom. The predicted molar refractivity (Wildman–Crippen MR) is 137 cm³/mol. The van der Waals surface area contributed by atoms with Gasteiger partial charge in [-0.2, -0.15) is 0 Å². The van der Waals surface area contributed by atoms with Gasteiger partial charge in [-0.3, -0.25) is 9.20 Å². The third-order valence-corrected chi connectivity index (χ3v) is 6.34. The van der Waals surface area contributed by atoms with Crippen molar-refractivity contribution in [3.8, 4) is 17.2 Å². The highest BCUT2D eigenvalue weighted by Gasteiger charge is 2.18. The highest BCUT2D eigenvalue weighted by molar-refractivity contribution is 5.95. The van der Waals surface area contributed by atoms with Crippen LogP contribution in [0, 0.1) is 0 Å². The summed E-state index contributed by atoms with van der Waals surface area (Å²) in [7, 11) is 0. The van der Waals surface area contributed by atoms with Crippen LogP contribution in [0.5, 0.6) is 0 Å².